The first-order valence-electron chi connectivity index (χ1n) is 3.43. The first-order chi connectivity index (χ1) is 7.66. The molecule has 0 unspecified atom stereocenters. The first kappa shape index (κ1) is 14.9. The number of hydrogen-bond acceptors (Lipinski definition) is 8. The first-order valence-corrected chi connectivity index (χ1v) is 8.23. The van der Waals surface area contributed by atoms with Crippen molar-refractivity contribution < 1.29 is 46.8 Å². The van der Waals surface area contributed by atoms with Gasteiger partial charge in [0, 0.05) is 0 Å². The van der Waals surface area contributed by atoms with E-state index < -0.39 is 50.2 Å². The van der Waals surface area contributed by atoms with Gasteiger partial charge in [0.15, 0.2) is 0 Å². The maximum absolute atomic E-state index is 11.2. The molecule has 0 radical (unpaired) electrons. The monoisotopic (exact) mass is 291 g/mol. The van der Waals surface area contributed by atoms with Crippen molar-refractivity contribution in [2.45, 2.75) is 0 Å². The molecular formula is C8H8CoO8. The van der Waals surface area contributed by atoms with Crippen LogP contribution in [-0.2, 0) is 46.8 Å². The summed E-state index contributed by atoms with van der Waals surface area (Å²) in [6.07, 6.45) is 0. The van der Waals surface area contributed by atoms with E-state index in [1.165, 1.54) is 0 Å². The van der Waals surface area contributed by atoms with Crippen LogP contribution in [0.25, 0.3) is 0 Å². The van der Waals surface area contributed by atoms with Gasteiger partial charge in [-0.1, -0.05) is 0 Å². The number of rotatable bonds is 8. The van der Waals surface area contributed by atoms with Crippen LogP contribution in [0.5, 0.6) is 0 Å². The van der Waals surface area contributed by atoms with Crippen LogP contribution in [0.2, 0.25) is 0 Å². The zero-order valence-corrected chi connectivity index (χ0v) is 9.26. The Kier molecular flexibility index (Phi) is 1.75. The van der Waals surface area contributed by atoms with Crippen LogP contribution in [0.3, 0.4) is 0 Å². The van der Waals surface area contributed by atoms with Crippen molar-refractivity contribution in [3.63, 3.8) is 0 Å². The van der Waals surface area contributed by atoms with Crippen molar-refractivity contribution in [2.75, 3.05) is 0 Å². The molecule has 0 saturated heterocycles. The van der Waals surface area contributed by atoms with E-state index in [-0.39, 0.29) is 0 Å². The molecule has 0 aliphatic rings. The van der Waals surface area contributed by atoms with Crippen LogP contribution < -0.4 is 0 Å². The normalized spacial score (nSPS) is 19.8. The van der Waals surface area contributed by atoms with Gasteiger partial charge in [0.1, 0.15) is 0 Å². The van der Waals surface area contributed by atoms with Crippen LogP contribution in [0.1, 0.15) is 0 Å². The minimum absolute atomic E-state index is 1.04. The molecule has 17 heavy (non-hydrogen) atoms. The average molecular weight is 291 g/mol. The van der Waals surface area contributed by atoms with Crippen molar-refractivity contribution in [1.29, 1.82) is 0 Å². The number of carbonyl (C=O) groups is 8. The van der Waals surface area contributed by atoms with E-state index in [0.29, 0.717) is 0 Å². The molecule has 97 valence electrons. The van der Waals surface area contributed by atoms with Crippen molar-refractivity contribution in [2.24, 2.45) is 0 Å². The molecule has 0 saturated carbocycles. The van der Waals surface area contributed by atoms with Crippen LogP contribution >= 0.6 is 0 Å². The summed E-state index contributed by atoms with van der Waals surface area (Å²) in [5.74, 6) is 0. The van der Waals surface area contributed by atoms with E-state index >= 15 is 0 Å². The summed E-state index contributed by atoms with van der Waals surface area (Å²) in [7, 11) is -8.64. The van der Waals surface area contributed by atoms with E-state index in [2.05, 4.69) is 0 Å². The standard InChI is InChI=1S/8CHO.Co/c8*1-2;/h8*1H;. The summed E-state index contributed by atoms with van der Waals surface area (Å²) in [5.41, 5.74) is 0. The molecule has 9 heteroatoms. The average Bonchev–Trinajstić information content (AvgIpc) is 2.48. The van der Waals surface area contributed by atoms with Crippen LogP contribution in [0.4, 0.5) is 0 Å². The third-order valence-electron chi connectivity index (χ3n) is 2.54. The second-order valence-electron chi connectivity index (χ2n) is 3.74. The summed E-state index contributed by atoms with van der Waals surface area (Å²) >= 11 is 0. The van der Waals surface area contributed by atoms with Crippen LogP contribution in [0.15, 0.2) is 0 Å². The van der Waals surface area contributed by atoms with E-state index in [4.69, 9.17) is 0 Å². The second kappa shape index (κ2) is 2.00. The minimum atomic E-state index is -8.64. The van der Waals surface area contributed by atoms with E-state index in [1.807, 2.05) is 0 Å². The Morgan fingerprint density at radius 2 is 0.471 bits per heavy atom. The van der Waals surface area contributed by atoms with E-state index in [1.54, 1.807) is 0 Å². The topological polar surface area (TPSA) is 137 Å². The van der Waals surface area contributed by atoms with Gasteiger partial charge in [0.2, 0.25) is 0 Å². The summed E-state index contributed by atoms with van der Waals surface area (Å²) in [6, 6.07) is 0. The fraction of sp³-hybridized carbons (Fsp3) is 0. The zero-order valence-electron chi connectivity index (χ0n) is 8.22. The Morgan fingerprint density at radius 1 is 0.353 bits per heavy atom. The summed E-state index contributed by atoms with van der Waals surface area (Å²) in [6.45, 7) is 0. The van der Waals surface area contributed by atoms with Crippen LogP contribution in [-0.4, -0.2) is 41.8 Å². The van der Waals surface area contributed by atoms with Crippen molar-refractivity contribution in [3.05, 3.63) is 0 Å². The van der Waals surface area contributed by atoms with Gasteiger partial charge in [-0.05, 0) is 0 Å². The fourth-order valence-electron chi connectivity index (χ4n) is 0.519. The van der Waals surface area contributed by atoms with Crippen molar-refractivity contribution >= 4 is 41.8 Å². The molecule has 0 aromatic carbocycles. The maximum atomic E-state index is 11.2. The summed E-state index contributed by atoms with van der Waals surface area (Å²) < 4.78 is 0. The molecule has 0 aromatic heterocycles. The van der Waals surface area contributed by atoms with Gasteiger partial charge in [-0.3, -0.25) is 0 Å². The second-order valence-corrected chi connectivity index (χ2v) is 15.4. The molecule has 0 bridgehead atoms. The van der Waals surface area contributed by atoms with Gasteiger partial charge in [0.05, 0.1) is 0 Å². The Labute approximate surface area is 89.1 Å². The molecular weight excluding hydrogens is 283 g/mol. The molecule has 0 atom stereocenters. The third kappa shape index (κ3) is 0.673. The third-order valence-corrected chi connectivity index (χ3v) is 10.5. The van der Waals surface area contributed by atoms with E-state index in [9.17, 15) is 38.4 Å². The van der Waals surface area contributed by atoms with Gasteiger partial charge < -0.3 is 0 Å². The van der Waals surface area contributed by atoms with Gasteiger partial charge >= 0.3 is 88.6 Å². The van der Waals surface area contributed by atoms with Gasteiger partial charge in [-0.15, -0.1) is 0 Å². The molecule has 0 aliphatic heterocycles. The van der Waals surface area contributed by atoms with Gasteiger partial charge in [-0.25, -0.2) is 0 Å². The Balaban J connectivity index is 8.48. The molecule has 0 N–H and O–H groups in total. The van der Waals surface area contributed by atoms with Crippen LogP contribution in [0, 0.1) is 0 Å². The quantitative estimate of drug-likeness (QED) is 0.459. The molecule has 0 rings (SSSR count). The number of hydrogen-bond donors (Lipinski definition) is 0. The number of carbonyl (C=O) groups excluding carboxylic acids is 8. The van der Waals surface area contributed by atoms with Crippen molar-refractivity contribution in [3.8, 4) is 0 Å². The van der Waals surface area contributed by atoms with E-state index in [0.717, 1.165) is 0 Å². The molecule has 0 aliphatic carbocycles. The summed E-state index contributed by atoms with van der Waals surface area (Å²) in [5, 5.41) is -8.31. The molecule has 0 aromatic rings. The molecule has 0 amide bonds. The Morgan fingerprint density at radius 3 is 0.471 bits per heavy atom. The predicted octanol–water partition coefficient (Wildman–Crippen LogP) is -2.20. The SMILES string of the molecule is O=[CH][Co]([CH]=O)([CH]=O)([CH]=O)([CH]=O)([CH]=O)([CH]=O)[CH]=O. The predicted molar refractivity (Wildman–Crippen MR) is 54.0 cm³/mol. The molecule has 0 heterocycles. The molecule has 8 nitrogen and oxygen atoms in total. The van der Waals surface area contributed by atoms with Gasteiger partial charge in [0.25, 0.3) is 0 Å². The molecule has 0 fully saturated rings. The molecule has 0 spiro atoms. The van der Waals surface area contributed by atoms with Crippen molar-refractivity contribution in [1.82, 2.24) is 0 Å². The Hall–Kier alpha value is -2.13. The van der Waals surface area contributed by atoms with Gasteiger partial charge in [-0.2, -0.15) is 0 Å². The fourth-order valence-corrected chi connectivity index (χ4v) is 2.14. The zero-order chi connectivity index (χ0) is 14.0. The summed E-state index contributed by atoms with van der Waals surface area (Å²) in [4.78, 5) is 89.4. The Bertz CT molecular complexity index is 392.